The number of alkyl carbamates (subject to hydrolysis) is 1. The van der Waals surface area contributed by atoms with Crippen molar-refractivity contribution in [2.45, 2.75) is 45.8 Å². The number of para-hydroxylation sites is 1. The van der Waals surface area contributed by atoms with E-state index in [1.54, 1.807) is 25.7 Å². The molecule has 0 fully saturated rings. The van der Waals surface area contributed by atoms with E-state index in [1.165, 1.54) is 0 Å². The van der Waals surface area contributed by atoms with E-state index >= 15 is 0 Å². The van der Waals surface area contributed by atoms with E-state index in [9.17, 15) is 14.4 Å². The fraction of sp³-hybridized carbons (Fsp3) is 0.393. The van der Waals surface area contributed by atoms with Crippen LogP contribution in [0.1, 0.15) is 50.3 Å². The van der Waals surface area contributed by atoms with Crippen molar-refractivity contribution >= 4 is 23.6 Å². The number of ether oxygens (including phenoxy) is 2. The maximum absolute atomic E-state index is 13.2. The molecule has 2 aromatic carbocycles. The summed E-state index contributed by atoms with van der Waals surface area (Å²) in [4.78, 5) is 38.7. The van der Waals surface area contributed by atoms with Gasteiger partial charge in [-0.05, 0) is 44.5 Å². The van der Waals surface area contributed by atoms with E-state index < -0.39 is 11.7 Å². The lowest BCUT2D eigenvalue weighted by Crippen LogP contribution is -2.35. The SMILES string of the molecule is CC(C)(C)OC(=O)NCCOCCNC(=O)CCC(=O)N1Cc2ccccc2C#Cc2ccccc21. The van der Waals surface area contributed by atoms with Crippen molar-refractivity contribution in [2.75, 3.05) is 31.2 Å². The quantitative estimate of drug-likeness (QED) is 0.414. The Morgan fingerprint density at radius 3 is 2.28 bits per heavy atom. The van der Waals surface area contributed by atoms with E-state index in [4.69, 9.17) is 9.47 Å². The van der Waals surface area contributed by atoms with Crippen LogP contribution in [0.4, 0.5) is 10.5 Å². The zero-order valence-electron chi connectivity index (χ0n) is 21.1. The number of nitrogens with one attached hydrogen (secondary N) is 2. The molecule has 0 spiro atoms. The van der Waals surface area contributed by atoms with Crippen LogP contribution in [0.2, 0.25) is 0 Å². The minimum absolute atomic E-state index is 0.0744. The van der Waals surface area contributed by atoms with Crippen LogP contribution in [-0.2, 0) is 25.6 Å². The van der Waals surface area contributed by atoms with E-state index in [2.05, 4.69) is 22.5 Å². The Morgan fingerprint density at radius 1 is 0.889 bits per heavy atom. The third-order valence-electron chi connectivity index (χ3n) is 5.22. The van der Waals surface area contributed by atoms with Crippen molar-refractivity contribution in [3.05, 3.63) is 65.2 Å². The number of benzene rings is 2. The van der Waals surface area contributed by atoms with Crippen molar-refractivity contribution in [3.63, 3.8) is 0 Å². The molecule has 0 aromatic heterocycles. The molecule has 2 aromatic rings. The summed E-state index contributed by atoms with van der Waals surface area (Å²) in [6, 6.07) is 15.3. The molecule has 0 aliphatic carbocycles. The zero-order valence-corrected chi connectivity index (χ0v) is 21.1. The molecule has 36 heavy (non-hydrogen) atoms. The average Bonchev–Trinajstić information content (AvgIpc) is 2.82. The summed E-state index contributed by atoms with van der Waals surface area (Å²) >= 11 is 0. The van der Waals surface area contributed by atoms with Gasteiger partial charge in [-0.25, -0.2) is 4.79 Å². The number of nitrogens with zero attached hydrogens (tertiary/aromatic N) is 1. The van der Waals surface area contributed by atoms with Crippen LogP contribution in [0.15, 0.2) is 48.5 Å². The van der Waals surface area contributed by atoms with Crippen LogP contribution in [0.5, 0.6) is 0 Å². The van der Waals surface area contributed by atoms with E-state index in [-0.39, 0.29) is 24.7 Å². The molecule has 8 nitrogen and oxygen atoms in total. The minimum Gasteiger partial charge on any atom is -0.444 e. The highest BCUT2D eigenvalue weighted by atomic mass is 16.6. The highest BCUT2D eigenvalue weighted by Gasteiger charge is 2.21. The molecule has 190 valence electrons. The second kappa shape index (κ2) is 12.8. The summed E-state index contributed by atoms with van der Waals surface area (Å²) in [6.45, 7) is 6.99. The Morgan fingerprint density at radius 2 is 1.53 bits per heavy atom. The number of anilines is 1. The summed E-state index contributed by atoms with van der Waals surface area (Å²) in [6.07, 6.45) is -0.344. The molecule has 0 radical (unpaired) electrons. The molecule has 0 atom stereocenters. The fourth-order valence-corrected chi connectivity index (χ4v) is 3.56. The van der Waals surface area contributed by atoms with E-state index in [0.717, 1.165) is 22.4 Å². The Bertz CT molecular complexity index is 1140. The first kappa shape index (κ1) is 26.8. The lowest BCUT2D eigenvalue weighted by Gasteiger charge is -2.26. The van der Waals surface area contributed by atoms with E-state index in [0.29, 0.717) is 32.8 Å². The van der Waals surface area contributed by atoms with Gasteiger partial charge in [-0.1, -0.05) is 42.2 Å². The molecule has 3 amide bonds. The van der Waals surface area contributed by atoms with Gasteiger partial charge in [0.15, 0.2) is 0 Å². The standard InChI is InChI=1S/C28H33N3O5/c1-28(2,3)36-27(34)30-17-19-35-18-16-29-25(32)14-15-26(33)31-20-23-10-5-4-8-21(23)12-13-22-9-6-7-11-24(22)31/h4-11H,14-20H2,1-3H3,(H,29,32)(H,30,34). The van der Waals surface area contributed by atoms with Crippen molar-refractivity contribution in [1.29, 1.82) is 0 Å². The highest BCUT2D eigenvalue weighted by molar-refractivity contribution is 5.96. The Kier molecular flexibility index (Phi) is 9.48. The Labute approximate surface area is 212 Å². The Hall–Kier alpha value is -3.83. The number of amides is 3. The van der Waals surface area contributed by atoms with Crippen molar-refractivity contribution in [1.82, 2.24) is 10.6 Å². The number of fused-ring (bicyclic) bond motifs is 2. The molecular formula is C28H33N3O5. The van der Waals surface area contributed by atoms with Crippen LogP contribution >= 0.6 is 0 Å². The topological polar surface area (TPSA) is 97.0 Å². The second-order valence-corrected chi connectivity index (χ2v) is 9.30. The third-order valence-corrected chi connectivity index (χ3v) is 5.22. The largest absolute Gasteiger partial charge is 0.444 e. The zero-order chi connectivity index (χ0) is 26.0. The molecule has 0 unspecified atom stereocenters. The lowest BCUT2D eigenvalue weighted by atomic mass is 10.0. The smallest absolute Gasteiger partial charge is 0.407 e. The van der Waals surface area contributed by atoms with E-state index in [1.807, 2.05) is 48.5 Å². The number of carbonyl (C=O) groups is 3. The van der Waals surface area contributed by atoms with Crippen LogP contribution < -0.4 is 15.5 Å². The monoisotopic (exact) mass is 491 g/mol. The molecule has 0 bridgehead atoms. The molecule has 0 saturated heterocycles. The maximum atomic E-state index is 13.2. The second-order valence-electron chi connectivity index (χ2n) is 9.30. The molecule has 1 aliphatic rings. The normalized spacial score (nSPS) is 12.1. The summed E-state index contributed by atoms with van der Waals surface area (Å²) in [5.41, 5.74) is 2.84. The predicted molar refractivity (Wildman–Crippen MR) is 137 cm³/mol. The minimum atomic E-state index is -0.550. The molecule has 2 N–H and O–H groups in total. The van der Waals surface area contributed by atoms with Gasteiger partial charge in [0.2, 0.25) is 11.8 Å². The number of rotatable bonds is 9. The van der Waals surface area contributed by atoms with Gasteiger partial charge >= 0.3 is 6.09 Å². The summed E-state index contributed by atoms with van der Waals surface area (Å²) in [5, 5.41) is 5.36. The van der Waals surface area contributed by atoms with Gasteiger partial charge in [0.25, 0.3) is 0 Å². The number of carbonyl (C=O) groups excluding carboxylic acids is 3. The van der Waals surface area contributed by atoms with Crippen molar-refractivity contribution in [2.24, 2.45) is 0 Å². The molecule has 1 aliphatic heterocycles. The number of hydrogen-bond acceptors (Lipinski definition) is 5. The number of hydrogen-bond donors (Lipinski definition) is 2. The first-order valence-electron chi connectivity index (χ1n) is 12.0. The maximum Gasteiger partial charge on any atom is 0.407 e. The first-order valence-corrected chi connectivity index (χ1v) is 12.0. The predicted octanol–water partition coefficient (Wildman–Crippen LogP) is 3.37. The van der Waals surface area contributed by atoms with Gasteiger partial charge in [0, 0.05) is 37.1 Å². The van der Waals surface area contributed by atoms with Gasteiger partial charge in [0.1, 0.15) is 5.60 Å². The van der Waals surface area contributed by atoms with Gasteiger partial charge in [-0.3, -0.25) is 9.59 Å². The van der Waals surface area contributed by atoms with Crippen molar-refractivity contribution < 1.29 is 23.9 Å². The first-order chi connectivity index (χ1) is 17.2. The summed E-state index contributed by atoms with van der Waals surface area (Å²) in [7, 11) is 0. The molecular weight excluding hydrogens is 458 g/mol. The van der Waals surface area contributed by atoms with Crippen LogP contribution in [0.3, 0.4) is 0 Å². The molecule has 1 heterocycles. The Balaban J connectivity index is 1.42. The van der Waals surface area contributed by atoms with Crippen LogP contribution in [-0.4, -0.2) is 49.8 Å². The molecule has 0 saturated carbocycles. The van der Waals surface area contributed by atoms with Gasteiger partial charge in [0.05, 0.1) is 25.4 Å². The fourth-order valence-electron chi connectivity index (χ4n) is 3.56. The van der Waals surface area contributed by atoms with Crippen molar-refractivity contribution in [3.8, 4) is 11.8 Å². The average molecular weight is 492 g/mol. The van der Waals surface area contributed by atoms with Crippen LogP contribution in [0, 0.1) is 11.8 Å². The lowest BCUT2D eigenvalue weighted by molar-refractivity contribution is -0.125. The summed E-state index contributed by atoms with van der Waals surface area (Å²) < 4.78 is 10.5. The van der Waals surface area contributed by atoms with Crippen LogP contribution in [0.25, 0.3) is 0 Å². The third kappa shape index (κ3) is 8.43. The molecule has 8 heteroatoms. The summed E-state index contributed by atoms with van der Waals surface area (Å²) in [5.74, 6) is 6.00. The molecule has 3 rings (SSSR count). The highest BCUT2D eigenvalue weighted by Crippen LogP contribution is 2.26. The van der Waals surface area contributed by atoms with Gasteiger partial charge in [-0.15, -0.1) is 0 Å². The van der Waals surface area contributed by atoms with Gasteiger partial charge in [-0.2, -0.15) is 0 Å². The van der Waals surface area contributed by atoms with Gasteiger partial charge < -0.3 is 25.0 Å².